The van der Waals surface area contributed by atoms with Crippen LogP contribution < -0.4 is 10.9 Å². The highest BCUT2D eigenvalue weighted by atomic mass is 15.4. The average Bonchev–Trinajstić information content (AvgIpc) is 2.79. The van der Waals surface area contributed by atoms with Crippen molar-refractivity contribution in [1.29, 1.82) is 5.26 Å². The van der Waals surface area contributed by atoms with Crippen molar-refractivity contribution in [3.05, 3.63) is 66.4 Å². The molecule has 0 bridgehead atoms. The Labute approximate surface area is 172 Å². The van der Waals surface area contributed by atoms with Crippen molar-refractivity contribution in [2.24, 2.45) is 9.98 Å². The second-order valence-electron chi connectivity index (χ2n) is 7.19. The van der Waals surface area contributed by atoms with Gasteiger partial charge in [0.15, 0.2) is 0 Å². The van der Waals surface area contributed by atoms with Crippen LogP contribution in [0.2, 0.25) is 0 Å². The van der Waals surface area contributed by atoms with Gasteiger partial charge in [-0.2, -0.15) is 5.26 Å². The minimum atomic E-state index is -0.295. The molecular formula is C24H27N5. The molecule has 0 heterocycles. The van der Waals surface area contributed by atoms with Crippen molar-refractivity contribution < 1.29 is 0 Å². The molecule has 1 saturated carbocycles. The van der Waals surface area contributed by atoms with Gasteiger partial charge in [0.2, 0.25) is 0 Å². The standard InChI is InChI=1S/C24H27N5/c1-26-23(14-18-27-19-17-25)24(15-6-3-7-16-24)29-28-22-12-10-21(11-13-22)20-8-4-2-5-9-20/h2,4-5,8-14,18,28-29H,1,3,6-7,15-16,19H2/b23-14-,27-18?. The Kier molecular flexibility index (Phi) is 7.32. The Bertz CT molecular complexity index is 885. The number of hydrogen-bond donors (Lipinski definition) is 2. The van der Waals surface area contributed by atoms with Crippen molar-refractivity contribution in [3.8, 4) is 17.2 Å². The van der Waals surface area contributed by atoms with E-state index in [1.54, 1.807) is 6.21 Å². The second kappa shape index (κ2) is 10.4. The highest BCUT2D eigenvalue weighted by Gasteiger charge is 2.35. The van der Waals surface area contributed by atoms with Crippen molar-refractivity contribution in [2.75, 3.05) is 12.0 Å². The molecule has 3 rings (SSSR count). The molecule has 148 valence electrons. The molecular weight excluding hydrogens is 358 g/mol. The first kappa shape index (κ1) is 20.5. The third-order valence-electron chi connectivity index (χ3n) is 5.31. The zero-order chi connectivity index (χ0) is 20.4. The molecule has 1 aliphatic carbocycles. The van der Waals surface area contributed by atoms with Crippen LogP contribution >= 0.6 is 0 Å². The van der Waals surface area contributed by atoms with Crippen LogP contribution in [0.4, 0.5) is 5.69 Å². The van der Waals surface area contributed by atoms with Crippen LogP contribution in [0.1, 0.15) is 32.1 Å². The van der Waals surface area contributed by atoms with E-state index in [1.165, 1.54) is 17.5 Å². The van der Waals surface area contributed by atoms with Gasteiger partial charge in [-0.25, -0.2) is 5.43 Å². The van der Waals surface area contributed by atoms with Gasteiger partial charge in [0.1, 0.15) is 6.54 Å². The molecule has 2 aromatic carbocycles. The Morgan fingerprint density at radius 1 is 1.03 bits per heavy atom. The fraction of sp³-hybridized carbons (Fsp3) is 0.292. The quantitative estimate of drug-likeness (QED) is 0.375. The molecule has 0 radical (unpaired) electrons. The Morgan fingerprint density at radius 3 is 2.38 bits per heavy atom. The van der Waals surface area contributed by atoms with Gasteiger partial charge in [-0.15, -0.1) is 0 Å². The summed E-state index contributed by atoms with van der Waals surface area (Å²) in [6.07, 6.45) is 8.94. The minimum Gasteiger partial charge on any atom is -0.321 e. The predicted octanol–water partition coefficient (Wildman–Crippen LogP) is 5.15. The number of allylic oxidation sites excluding steroid dienone is 1. The number of nitrogens with one attached hydrogen (secondary N) is 2. The molecule has 0 aliphatic heterocycles. The van der Waals surface area contributed by atoms with E-state index in [0.29, 0.717) is 0 Å². The molecule has 0 spiro atoms. The lowest BCUT2D eigenvalue weighted by molar-refractivity contribution is 0.288. The van der Waals surface area contributed by atoms with Gasteiger partial charge in [-0.05, 0) is 48.9 Å². The van der Waals surface area contributed by atoms with Crippen LogP contribution in [0.15, 0.2) is 76.4 Å². The molecule has 0 unspecified atom stereocenters. The van der Waals surface area contributed by atoms with E-state index >= 15 is 0 Å². The van der Waals surface area contributed by atoms with Crippen LogP contribution in [0.5, 0.6) is 0 Å². The van der Waals surface area contributed by atoms with Crippen molar-refractivity contribution >= 4 is 18.6 Å². The van der Waals surface area contributed by atoms with Crippen LogP contribution in [0.25, 0.3) is 11.1 Å². The van der Waals surface area contributed by atoms with E-state index < -0.39 is 0 Å². The highest BCUT2D eigenvalue weighted by molar-refractivity contribution is 5.73. The number of hydrazine groups is 1. The van der Waals surface area contributed by atoms with Crippen LogP contribution in [0.3, 0.4) is 0 Å². The van der Waals surface area contributed by atoms with Crippen molar-refractivity contribution in [3.63, 3.8) is 0 Å². The molecule has 1 aliphatic rings. The van der Waals surface area contributed by atoms with Crippen LogP contribution in [0, 0.1) is 11.3 Å². The number of anilines is 1. The summed E-state index contributed by atoms with van der Waals surface area (Å²) in [5.41, 5.74) is 10.8. The van der Waals surface area contributed by atoms with Crippen LogP contribution in [-0.4, -0.2) is 25.0 Å². The van der Waals surface area contributed by atoms with Gasteiger partial charge in [0, 0.05) is 11.9 Å². The van der Waals surface area contributed by atoms with Crippen LogP contribution in [-0.2, 0) is 0 Å². The Hall–Kier alpha value is -3.23. The molecule has 0 aromatic heterocycles. The zero-order valence-electron chi connectivity index (χ0n) is 16.6. The molecule has 2 aromatic rings. The van der Waals surface area contributed by atoms with E-state index in [0.717, 1.165) is 37.1 Å². The first-order chi connectivity index (χ1) is 14.3. The van der Waals surface area contributed by atoms with Gasteiger partial charge in [0.05, 0.1) is 17.3 Å². The number of rotatable bonds is 8. The zero-order valence-corrected chi connectivity index (χ0v) is 16.6. The van der Waals surface area contributed by atoms with Gasteiger partial charge in [-0.1, -0.05) is 61.7 Å². The molecule has 5 heteroatoms. The van der Waals surface area contributed by atoms with E-state index in [1.807, 2.05) is 30.3 Å². The fourth-order valence-corrected chi connectivity index (χ4v) is 3.75. The van der Waals surface area contributed by atoms with E-state index in [-0.39, 0.29) is 12.1 Å². The summed E-state index contributed by atoms with van der Waals surface area (Å²) in [5, 5.41) is 8.65. The molecule has 5 nitrogen and oxygen atoms in total. The summed E-state index contributed by atoms with van der Waals surface area (Å²) in [6.45, 7) is 3.91. The summed E-state index contributed by atoms with van der Waals surface area (Å²) in [7, 11) is 0. The smallest absolute Gasteiger partial charge is 0.126 e. The first-order valence-corrected chi connectivity index (χ1v) is 10.0. The molecule has 2 N–H and O–H groups in total. The summed E-state index contributed by atoms with van der Waals surface area (Å²) in [6, 6.07) is 20.7. The maximum absolute atomic E-state index is 8.65. The maximum Gasteiger partial charge on any atom is 0.126 e. The summed E-state index contributed by atoms with van der Waals surface area (Å²) in [5.74, 6) is 0. The largest absolute Gasteiger partial charge is 0.321 e. The number of nitrogens with zero attached hydrogens (tertiary/aromatic N) is 3. The van der Waals surface area contributed by atoms with Crippen molar-refractivity contribution in [1.82, 2.24) is 5.43 Å². The van der Waals surface area contributed by atoms with Gasteiger partial charge >= 0.3 is 0 Å². The number of benzene rings is 2. The lowest BCUT2D eigenvalue weighted by Crippen LogP contribution is -2.50. The second-order valence-corrected chi connectivity index (χ2v) is 7.19. The topological polar surface area (TPSA) is 72.6 Å². The molecule has 0 saturated heterocycles. The minimum absolute atomic E-state index is 0.146. The van der Waals surface area contributed by atoms with E-state index in [2.05, 4.69) is 64.0 Å². The fourth-order valence-electron chi connectivity index (χ4n) is 3.75. The molecule has 29 heavy (non-hydrogen) atoms. The third-order valence-corrected chi connectivity index (χ3v) is 5.31. The normalized spacial score (nSPS) is 16.3. The summed E-state index contributed by atoms with van der Waals surface area (Å²) < 4.78 is 0. The monoisotopic (exact) mass is 385 g/mol. The number of nitriles is 1. The van der Waals surface area contributed by atoms with Gasteiger partial charge < -0.3 is 5.43 Å². The highest BCUT2D eigenvalue weighted by Crippen LogP contribution is 2.35. The van der Waals surface area contributed by atoms with E-state index in [9.17, 15) is 0 Å². The first-order valence-electron chi connectivity index (χ1n) is 10.0. The molecule has 0 atom stereocenters. The average molecular weight is 386 g/mol. The lowest BCUT2D eigenvalue weighted by atomic mass is 9.79. The molecule has 0 amide bonds. The predicted molar refractivity (Wildman–Crippen MR) is 121 cm³/mol. The van der Waals surface area contributed by atoms with Crippen molar-refractivity contribution in [2.45, 2.75) is 37.6 Å². The SMILES string of the molecule is C=N/C(=C\C=NCC#N)C1(NNc2ccc(-c3ccccc3)cc2)CCCCC1. The maximum atomic E-state index is 8.65. The number of aliphatic imine (C=N–C) groups is 2. The number of hydrogen-bond acceptors (Lipinski definition) is 5. The summed E-state index contributed by atoms with van der Waals surface area (Å²) in [4.78, 5) is 8.34. The van der Waals surface area contributed by atoms with E-state index in [4.69, 9.17) is 5.26 Å². The third kappa shape index (κ3) is 5.40. The molecule has 1 fully saturated rings. The Morgan fingerprint density at radius 2 is 1.72 bits per heavy atom. The van der Waals surface area contributed by atoms with Gasteiger partial charge in [0.25, 0.3) is 0 Å². The summed E-state index contributed by atoms with van der Waals surface area (Å²) >= 11 is 0. The Balaban J connectivity index is 1.73. The van der Waals surface area contributed by atoms with Gasteiger partial charge in [-0.3, -0.25) is 9.98 Å². The lowest BCUT2D eigenvalue weighted by Gasteiger charge is -2.38.